The predicted octanol–water partition coefficient (Wildman–Crippen LogP) is 6.00. The normalized spacial score (nSPS) is 29.5. The van der Waals surface area contributed by atoms with Gasteiger partial charge >= 0.3 is 5.97 Å². The van der Waals surface area contributed by atoms with E-state index < -0.39 is 11.0 Å². The van der Waals surface area contributed by atoms with Gasteiger partial charge in [-0.2, -0.15) is 0 Å². The molecule has 2 fully saturated rings. The number of esters is 1. The molecule has 2 heterocycles. The van der Waals surface area contributed by atoms with Crippen molar-refractivity contribution in [2.75, 3.05) is 19.6 Å². The number of benzene rings is 2. The van der Waals surface area contributed by atoms with Gasteiger partial charge in [-0.15, -0.1) is 6.58 Å². The molecule has 6 rings (SSSR count). The maximum Gasteiger partial charge on any atom is 0.303 e. The van der Waals surface area contributed by atoms with Crippen molar-refractivity contribution in [1.82, 2.24) is 9.80 Å². The lowest BCUT2D eigenvalue weighted by atomic mass is 9.48. The minimum atomic E-state index is -0.739. The average molecular weight is 598 g/mol. The maximum absolute atomic E-state index is 14.1. The van der Waals surface area contributed by atoms with Gasteiger partial charge in [0.25, 0.3) is 0 Å². The number of ether oxygens (including phenoxy) is 2. The number of halogens is 2. The zero-order valence-electron chi connectivity index (χ0n) is 24.0. The highest BCUT2D eigenvalue weighted by atomic mass is 35.5. The number of amides is 1. The van der Waals surface area contributed by atoms with Crippen LogP contribution in [0.25, 0.3) is 0 Å². The Bertz CT molecular complexity index is 1400. The lowest BCUT2D eigenvalue weighted by Crippen LogP contribution is -2.79. The largest absolute Gasteiger partial charge is 0.487 e. The van der Waals surface area contributed by atoms with Crippen molar-refractivity contribution >= 4 is 35.1 Å². The van der Waals surface area contributed by atoms with Gasteiger partial charge in [0.1, 0.15) is 17.5 Å². The third kappa shape index (κ3) is 4.40. The number of hydrogen-bond acceptors (Lipinski definition) is 5. The summed E-state index contributed by atoms with van der Waals surface area (Å²) in [6.07, 6.45) is 4.76. The Morgan fingerprint density at radius 1 is 1.22 bits per heavy atom. The van der Waals surface area contributed by atoms with E-state index in [1.807, 2.05) is 23.1 Å². The number of nitrogens with zero attached hydrogens (tertiary/aromatic N) is 2. The van der Waals surface area contributed by atoms with Crippen molar-refractivity contribution in [2.45, 2.75) is 82.1 Å². The first-order chi connectivity index (χ1) is 19.6. The van der Waals surface area contributed by atoms with Crippen LogP contribution in [0, 0.1) is 5.92 Å². The molecule has 0 aromatic heterocycles. The van der Waals surface area contributed by atoms with Gasteiger partial charge in [0.05, 0.1) is 34.0 Å². The molecule has 2 aliphatic carbocycles. The number of piperidine rings is 1. The molecule has 1 saturated carbocycles. The van der Waals surface area contributed by atoms with Crippen molar-refractivity contribution in [3.63, 3.8) is 0 Å². The molecule has 8 heteroatoms. The third-order valence-corrected chi connectivity index (χ3v) is 10.5. The molecule has 2 aromatic rings. The number of hydrogen-bond donors (Lipinski definition) is 0. The van der Waals surface area contributed by atoms with Crippen molar-refractivity contribution in [3.8, 4) is 5.75 Å². The number of carbonyl (C=O) groups excluding carboxylic acids is 2. The Labute approximate surface area is 252 Å². The molecule has 41 heavy (non-hydrogen) atoms. The van der Waals surface area contributed by atoms with E-state index in [9.17, 15) is 9.59 Å². The van der Waals surface area contributed by atoms with E-state index in [4.69, 9.17) is 32.7 Å². The van der Waals surface area contributed by atoms with Crippen molar-refractivity contribution in [3.05, 3.63) is 75.8 Å². The highest BCUT2D eigenvalue weighted by Crippen LogP contribution is 2.65. The second-order valence-corrected chi connectivity index (χ2v) is 13.3. The molecule has 1 saturated heterocycles. The van der Waals surface area contributed by atoms with Crippen molar-refractivity contribution in [2.24, 2.45) is 5.92 Å². The van der Waals surface area contributed by atoms with E-state index in [0.717, 1.165) is 37.2 Å². The van der Waals surface area contributed by atoms with E-state index >= 15 is 0 Å². The molecule has 6 nitrogen and oxygen atoms in total. The summed E-state index contributed by atoms with van der Waals surface area (Å²) in [5.41, 5.74) is 2.00. The standard InChI is InChI=1S/C33H38Cl2N2O4/c1-5-14-36-15-13-32-30-23-7-6-8-27(30)40-31(32)26(11-12-33(32,28(36)18-23)41-21(4)38)37(19-20(2)3)29(39)17-22-9-10-24(34)25(35)16-22/h5-10,16,20,26,28,31H,1,11-15,17-19H2,2-4H3/t26-,28-,31+,32+,33-/m1/s1. The summed E-state index contributed by atoms with van der Waals surface area (Å²) in [7, 11) is 0. The zero-order valence-corrected chi connectivity index (χ0v) is 25.5. The van der Waals surface area contributed by atoms with Crippen molar-refractivity contribution < 1.29 is 19.1 Å². The fraction of sp³-hybridized carbons (Fsp3) is 0.515. The Balaban J connectivity index is 1.45. The van der Waals surface area contributed by atoms with Crippen LogP contribution >= 0.6 is 23.2 Å². The van der Waals surface area contributed by atoms with Gasteiger partial charge in [0.2, 0.25) is 5.91 Å². The zero-order chi connectivity index (χ0) is 29.1. The van der Waals surface area contributed by atoms with E-state index in [1.165, 1.54) is 18.1 Å². The van der Waals surface area contributed by atoms with Gasteiger partial charge in [0.15, 0.2) is 0 Å². The molecule has 2 aromatic carbocycles. The van der Waals surface area contributed by atoms with Crippen LogP contribution in [0.1, 0.15) is 56.7 Å². The first-order valence-electron chi connectivity index (χ1n) is 14.7. The van der Waals surface area contributed by atoms with Gasteiger partial charge < -0.3 is 14.4 Å². The Hall–Kier alpha value is -2.54. The van der Waals surface area contributed by atoms with Crippen LogP contribution in [0.3, 0.4) is 0 Å². The molecule has 2 bridgehead atoms. The second-order valence-electron chi connectivity index (χ2n) is 12.5. The topological polar surface area (TPSA) is 59.1 Å². The van der Waals surface area contributed by atoms with Gasteiger partial charge in [-0.05, 0) is 60.9 Å². The highest BCUT2D eigenvalue weighted by molar-refractivity contribution is 6.42. The highest BCUT2D eigenvalue weighted by Gasteiger charge is 2.75. The minimum absolute atomic E-state index is 0.0107. The van der Waals surface area contributed by atoms with E-state index in [0.29, 0.717) is 29.4 Å². The fourth-order valence-electron chi connectivity index (χ4n) is 8.45. The second kappa shape index (κ2) is 10.6. The van der Waals surface area contributed by atoms with Crippen LogP contribution < -0.4 is 4.74 Å². The van der Waals surface area contributed by atoms with Gasteiger partial charge in [0, 0.05) is 32.1 Å². The van der Waals surface area contributed by atoms with Crippen LogP contribution in [0.5, 0.6) is 5.75 Å². The molecular formula is C33H38Cl2N2O4. The summed E-state index contributed by atoms with van der Waals surface area (Å²) in [6, 6.07) is 11.5. The summed E-state index contributed by atoms with van der Waals surface area (Å²) < 4.78 is 13.5. The molecule has 5 atom stereocenters. The first kappa shape index (κ1) is 28.6. The fourth-order valence-corrected chi connectivity index (χ4v) is 8.77. The summed E-state index contributed by atoms with van der Waals surface area (Å²) in [6.45, 7) is 12.0. The number of carbonyl (C=O) groups is 2. The summed E-state index contributed by atoms with van der Waals surface area (Å²) in [4.78, 5) is 31.4. The van der Waals surface area contributed by atoms with Crippen LogP contribution in [-0.2, 0) is 32.6 Å². The Kier molecular flexibility index (Phi) is 7.40. The molecule has 0 unspecified atom stereocenters. The summed E-state index contributed by atoms with van der Waals surface area (Å²) in [5, 5.41) is 0.911. The maximum atomic E-state index is 14.1. The molecule has 2 aliphatic heterocycles. The molecule has 218 valence electrons. The minimum Gasteiger partial charge on any atom is -0.487 e. The Morgan fingerprint density at radius 3 is 2.73 bits per heavy atom. The van der Waals surface area contributed by atoms with E-state index in [-0.39, 0.29) is 42.4 Å². The Morgan fingerprint density at radius 2 is 2.02 bits per heavy atom. The van der Waals surface area contributed by atoms with Gasteiger partial charge in [-0.1, -0.05) is 61.3 Å². The van der Waals surface area contributed by atoms with E-state index in [2.05, 4.69) is 37.5 Å². The van der Waals surface area contributed by atoms with Crippen LogP contribution in [-0.4, -0.2) is 65.1 Å². The number of likely N-dealkylation sites (tertiary alicyclic amines) is 1. The summed E-state index contributed by atoms with van der Waals surface area (Å²) in [5.74, 6) is 0.899. The quantitative estimate of drug-likeness (QED) is 0.276. The van der Waals surface area contributed by atoms with Crippen LogP contribution in [0.2, 0.25) is 10.0 Å². The molecule has 1 amide bonds. The van der Waals surface area contributed by atoms with Crippen LogP contribution in [0.15, 0.2) is 49.1 Å². The van der Waals surface area contributed by atoms with Crippen molar-refractivity contribution in [1.29, 1.82) is 0 Å². The lowest BCUT2D eigenvalue weighted by Gasteiger charge is -2.65. The molecule has 4 aliphatic rings. The third-order valence-electron chi connectivity index (χ3n) is 9.71. The molecule has 1 spiro atoms. The SMILES string of the molecule is C=CCN1CC[C@]23c4c5cccc4O[C@H]2[C@H](N(CC(C)C)C(=O)Cc2ccc(Cl)c(Cl)c2)CC[C@@]3(OC(C)=O)[C@H]1C5. The average Bonchev–Trinajstić information content (AvgIpc) is 3.25. The van der Waals surface area contributed by atoms with Crippen LogP contribution in [0.4, 0.5) is 0 Å². The molecule has 0 N–H and O–H groups in total. The van der Waals surface area contributed by atoms with Gasteiger partial charge in [-0.3, -0.25) is 14.5 Å². The smallest absolute Gasteiger partial charge is 0.303 e. The summed E-state index contributed by atoms with van der Waals surface area (Å²) >= 11 is 12.4. The lowest BCUT2D eigenvalue weighted by molar-refractivity contribution is -0.223. The van der Waals surface area contributed by atoms with E-state index in [1.54, 1.807) is 12.1 Å². The predicted molar refractivity (Wildman–Crippen MR) is 161 cm³/mol. The molecule has 0 radical (unpaired) electrons. The monoisotopic (exact) mass is 596 g/mol. The first-order valence-corrected chi connectivity index (χ1v) is 15.4. The molecular weight excluding hydrogens is 559 g/mol. The number of rotatable bonds is 8. The van der Waals surface area contributed by atoms with Gasteiger partial charge in [-0.25, -0.2) is 0 Å².